The Kier molecular flexibility index (Phi) is 6.69. The Morgan fingerprint density at radius 2 is 1.32 bits per heavy atom. The maximum absolute atomic E-state index is 9.86. The fourth-order valence-electron chi connectivity index (χ4n) is 3.57. The molecule has 0 unspecified atom stereocenters. The SMILES string of the molecule is COc1cc(/C=C/c2cc(/C=C/c3ccc(O)c(OC)c3)n(-c3ccccc3C)n2)ccc1O. The summed E-state index contributed by atoms with van der Waals surface area (Å²) in [5.41, 5.74) is 5.53. The van der Waals surface area contributed by atoms with E-state index in [0.29, 0.717) is 11.5 Å². The second kappa shape index (κ2) is 10.0. The lowest BCUT2D eigenvalue weighted by Crippen LogP contribution is -2.01. The molecule has 6 nitrogen and oxygen atoms in total. The first-order valence-electron chi connectivity index (χ1n) is 10.7. The fraction of sp³-hybridized carbons (Fsp3) is 0.107. The number of phenols is 2. The third kappa shape index (κ3) is 4.96. The monoisotopic (exact) mass is 454 g/mol. The van der Waals surface area contributed by atoms with Crippen molar-refractivity contribution in [2.75, 3.05) is 14.2 Å². The van der Waals surface area contributed by atoms with Crippen LogP contribution in [0.15, 0.2) is 66.7 Å². The molecule has 172 valence electrons. The molecule has 0 aliphatic carbocycles. The molecule has 0 saturated carbocycles. The van der Waals surface area contributed by atoms with Crippen molar-refractivity contribution >= 4 is 24.3 Å². The Morgan fingerprint density at radius 3 is 1.91 bits per heavy atom. The third-order valence-electron chi connectivity index (χ3n) is 5.40. The largest absolute Gasteiger partial charge is 0.504 e. The molecule has 1 aromatic heterocycles. The Hall–Kier alpha value is -4.45. The molecule has 34 heavy (non-hydrogen) atoms. The maximum atomic E-state index is 9.86. The van der Waals surface area contributed by atoms with Gasteiger partial charge in [-0.05, 0) is 72.2 Å². The van der Waals surface area contributed by atoms with Gasteiger partial charge in [0.1, 0.15) is 0 Å². The normalized spacial score (nSPS) is 11.4. The highest BCUT2D eigenvalue weighted by Gasteiger charge is 2.09. The lowest BCUT2D eigenvalue weighted by Gasteiger charge is -2.08. The van der Waals surface area contributed by atoms with Crippen LogP contribution in [0.3, 0.4) is 0 Å². The van der Waals surface area contributed by atoms with Crippen molar-refractivity contribution in [2.24, 2.45) is 0 Å². The maximum Gasteiger partial charge on any atom is 0.161 e. The molecule has 0 fully saturated rings. The molecule has 0 radical (unpaired) electrons. The summed E-state index contributed by atoms with van der Waals surface area (Å²) in [6.07, 6.45) is 7.77. The summed E-state index contributed by atoms with van der Waals surface area (Å²) in [5, 5.41) is 24.5. The van der Waals surface area contributed by atoms with Crippen LogP contribution in [-0.2, 0) is 0 Å². The van der Waals surface area contributed by atoms with Crippen LogP contribution < -0.4 is 9.47 Å². The van der Waals surface area contributed by atoms with E-state index in [1.807, 2.05) is 78.4 Å². The van der Waals surface area contributed by atoms with Crippen LogP contribution in [0, 0.1) is 6.92 Å². The van der Waals surface area contributed by atoms with Gasteiger partial charge in [-0.15, -0.1) is 0 Å². The van der Waals surface area contributed by atoms with Gasteiger partial charge >= 0.3 is 0 Å². The van der Waals surface area contributed by atoms with E-state index in [0.717, 1.165) is 33.8 Å². The number of hydrogen-bond acceptors (Lipinski definition) is 5. The molecule has 4 aromatic rings. The highest BCUT2D eigenvalue weighted by atomic mass is 16.5. The number of aromatic hydroxyl groups is 2. The number of para-hydroxylation sites is 1. The zero-order valence-corrected chi connectivity index (χ0v) is 19.3. The van der Waals surface area contributed by atoms with Crippen molar-refractivity contribution < 1.29 is 19.7 Å². The molecule has 3 aromatic carbocycles. The second-order valence-corrected chi connectivity index (χ2v) is 7.72. The molecule has 0 aliphatic heterocycles. The molecule has 0 bridgehead atoms. The average Bonchev–Trinajstić information content (AvgIpc) is 3.26. The Morgan fingerprint density at radius 1 is 0.735 bits per heavy atom. The van der Waals surface area contributed by atoms with Gasteiger partial charge in [0, 0.05) is 0 Å². The fourth-order valence-corrected chi connectivity index (χ4v) is 3.57. The standard InChI is InChI=1S/C28H26N2O4/c1-19-6-4-5-7-24(19)30-23(13-9-21-11-15-26(32)28(17-21)34-3)18-22(29-30)12-8-20-10-14-25(31)27(16-20)33-2/h4-18,31-32H,1-3H3/b12-8+,13-9+. The summed E-state index contributed by atoms with van der Waals surface area (Å²) >= 11 is 0. The third-order valence-corrected chi connectivity index (χ3v) is 5.40. The predicted octanol–water partition coefficient (Wildman–Crippen LogP) is 5.95. The summed E-state index contributed by atoms with van der Waals surface area (Å²) in [6.45, 7) is 2.05. The van der Waals surface area contributed by atoms with Crippen LogP contribution >= 0.6 is 0 Å². The molecular weight excluding hydrogens is 428 g/mol. The van der Waals surface area contributed by atoms with Gasteiger partial charge in [-0.1, -0.05) is 42.5 Å². The first-order valence-corrected chi connectivity index (χ1v) is 10.7. The summed E-state index contributed by atoms with van der Waals surface area (Å²) < 4.78 is 12.3. The number of aromatic nitrogens is 2. The Balaban J connectivity index is 1.71. The zero-order valence-electron chi connectivity index (χ0n) is 19.3. The van der Waals surface area contributed by atoms with E-state index in [2.05, 4.69) is 0 Å². The van der Waals surface area contributed by atoms with Crippen molar-refractivity contribution in [3.63, 3.8) is 0 Å². The minimum Gasteiger partial charge on any atom is -0.504 e. The zero-order chi connectivity index (χ0) is 24.1. The molecule has 0 amide bonds. The summed E-state index contributed by atoms with van der Waals surface area (Å²) in [6, 6.07) is 20.4. The highest BCUT2D eigenvalue weighted by molar-refractivity contribution is 5.74. The molecule has 6 heteroatoms. The summed E-state index contributed by atoms with van der Waals surface area (Å²) in [5.74, 6) is 1.03. The number of phenolic OH excluding ortho intramolecular Hbond substituents is 2. The lowest BCUT2D eigenvalue weighted by molar-refractivity contribution is 0.373. The van der Waals surface area contributed by atoms with Crippen molar-refractivity contribution in [1.29, 1.82) is 0 Å². The van der Waals surface area contributed by atoms with Crippen molar-refractivity contribution in [2.45, 2.75) is 6.92 Å². The number of benzene rings is 3. The van der Waals surface area contributed by atoms with Crippen LogP contribution in [-0.4, -0.2) is 34.2 Å². The summed E-state index contributed by atoms with van der Waals surface area (Å²) in [4.78, 5) is 0. The molecule has 0 atom stereocenters. The van der Waals surface area contributed by atoms with Gasteiger partial charge in [-0.2, -0.15) is 5.10 Å². The second-order valence-electron chi connectivity index (χ2n) is 7.72. The predicted molar refractivity (Wildman–Crippen MR) is 135 cm³/mol. The molecule has 1 heterocycles. The first kappa shape index (κ1) is 22.7. The quantitative estimate of drug-likeness (QED) is 0.361. The van der Waals surface area contributed by atoms with Gasteiger partial charge in [0.25, 0.3) is 0 Å². The van der Waals surface area contributed by atoms with E-state index in [1.54, 1.807) is 24.3 Å². The molecule has 0 aliphatic rings. The average molecular weight is 455 g/mol. The minimum absolute atomic E-state index is 0.0989. The van der Waals surface area contributed by atoms with Crippen molar-refractivity contribution in [1.82, 2.24) is 9.78 Å². The number of rotatable bonds is 7. The number of nitrogens with zero attached hydrogens (tertiary/aromatic N) is 2. The van der Waals surface area contributed by atoms with Crippen LogP contribution in [0.2, 0.25) is 0 Å². The van der Waals surface area contributed by atoms with Gasteiger partial charge in [0.05, 0.1) is 31.3 Å². The van der Waals surface area contributed by atoms with E-state index < -0.39 is 0 Å². The molecule has 0 saturated heterocycles. The number of methoxy groups -OCH3 is 2. The van der Waals surface area contributed by atoms with E-state index >= 15 is 0 Å². The van der Waals surface area contributed by atoms with Crippen LogP contribution in [0.5, 0.6) is 23.0 Å². The van der Waals surface area contributed by atoms with Crippen molar-refractivity contribution in [3.8, 4) is 28.7 Å². The number of aryl methyl sites for hydroxylation is 1. The van der Waals surface area contributed by atoms with Gasteiger partial charge < -0.3 is 19.7 Å². The Bertz CT molecular complexity index is 1370. The van der Waals surface area contributed by atoms with Gasteiger partial charge in [-0.3, -0.25) is 0 Å². The minimum atomic E-state index is 0.0989. The lowest BCUT2D eigenvalue weighted by atomic mass is 10.1. The molecule has 2 N–H and O–H groups in total. The highest BCUT2D eigenvalue weighted by Crippen LogP contribution is 2.29. The number of hydrogen-bond donors (Lipinski definition) is 2. The molecular formula is C28H26N2O4. The summed E-state index contributed by atoms with van der Waals surface area (Å²) in [7, 11) is 3.05. The van der Waals surface area contributed by atoms with E-state index in [1.165, 1.54) is 14.2 Å². The van der Waals surface area contributed by atoms with Gasteiger partial charge in [0.15, 0.2) is 23.0 Å². The van der Waals surface area contributed by atoms with Crippen molar-refractivity contribution in [3.05, 3.63) is 94.8 Å². The van der Waals surface area contributed by atoms with Gasteiger partial charge in [-0.25, -0.2) is 4.68 Å². The first-order chi connectivity index (χ1) is 16.5. The van der Waals surface area contributed by atoms with E-state index in [-0.39, 0.29) is 11.5 Å². The topological polar surface area (TPSA) is 76.7 Å². The molecule has 4 rings (SSSR count). The van der Waals surface area contributed by atoms with Crippen LogP contribution in [0.4, 0.5) is 0 Å². The number of ether oxygens (including phenoxy) is 2. The van der Waals surface area contributed by atoms with E-state index in [9.17, 15) is 10.2 Å². The van der Waals surface area contributed by atoms with E-state index in [4.69, 9.17) is 14.6 Å². The Labute approximate surface area is 198 Å². The van der Waals surface area contributed by atoms with Crippen LogP contribution in [0.1, 0.15) is 28.1 Å². The smallest absolute Gasteiger partial charge is 0.161 e. The van der Waals surface area contributed by atoms with Gasteiger partial charge in [0.2, 0.25) is 0 Å². The van der Waals surface area contributed by atoms with Crippen LogP contribution in [0.25, 0.3) is 30.0 Å². The molecule has 0 spiro atoms.